The second kappa shape index (κ2) is 5.89. The second-order valence-electron chi connectivity index (χ2n) is 6.22. The van der Waals surface area contributed by atoms with Gasteiger partial charge in [-0.05, 0) is 33.6 Å². The molecule has 0 spiro atoms. The number of likely N-dealkylation sites (tertiary alicyclic amines) is 1. The first-order valence-corrected chi connectivity index (χ1v) is 6.61. The van der Waals surface area contributed by atoms with E-state index in [1.807, 2.05) is 20.8 Å². The molecule has 0 radical (unpaired) electrons. The number of hydrogen-bond acceptors (Lipinski definition) is 4. The summed E-state index contributed by atoms with van der Waals surface area (Å²) in [5, 5.41) is 9.54. The quantitative estimate of drug-likeness (QED) is 0.784. The van der Waals surface area contributed by atoms with Crippen molar-refractivity contribution in [3.63, 3.8) is 0 Å². The molecule has 1 aliphatic heterocycles. The van der Waals surface area contributed by atoms with Crippen LogP contribution < -0.4 is 5.73 Å². The molecule has 18 heavy (non-hydrogen) atoms. The van der Waals surface area contributed by atoms with Crippen molar-refractivity contribution in [1.82, 2.24) is 4.90 Å². The third kappa shape index (κ3) is 4.14. The zero-order valence-electron chi connectivity index (χ0n) is 11.7. The predicted molar refractivity (Wildman–Crippen MR) is 70.2 cm³/mol. The normalized spacial score (nSPS) is 25.7. The van der Waals surface area contributed by atoms with Crippen LogP contribution in [0.4, 0.5) is 4.79 Å². The Hall–Kier alpha value is -0.810. The lowest BCUT2D eigenvalue weighted by Gasteiger charge is -2.34. The van der Waals surface area contributed by atoms with E-state index in [0.29, 0.717) is 19.6 Å². The van der Waals surface area contributed by atoms with Gasteiger partial charge in [-0.1, -0.05) is 6.42 Å². The molecule has 1 aliphatic rings. The average Bonchev–Trinajstić information content (AvgIpc) is 2.50. The molecule has 3 N–H and O–H groups in total. The van der Waals surface area contributed by atoms with Crippen molar-refractivity contribution < 1.29 is 14.6 Å². The van der Waals surface area contributed by atoms with Gasteiger partial charge in [-0.15, -0.1) is 0 Å². The van der Waals surface area contributed by atoms with Crippen LogP contribution in [0.5, 0.6) is 0 Å². The summed E-state index contributed by atoms with van der Waals surface area (Å²) in [6, 6.07) is 0. The monoisotopic (exact) mass is 258 g/mol. The van der Waals surface area contributed by atoms with Gasteiger partial charge in [-0.25, -0.2) is 4.79 Å². The molecule has 0 saturated carbocycles. The van der Waals surface area contributed by atoms with Crippen LogP contribution in [0.2, 0.25) is 0 Å². The fourth-order valence-electron chi connectivity index (χ4n) is 2.21. The van der Waals surface area contributed by atoms with Crippen molar-refractivity contribution in [2.45, 2.75) is 45.6 Å². The maximum atomic E-state index is 12.1. The third-order valence-corrected chi connectivity index (χ3v) is 3.33. The van der Waals surface area contributed by atoms with E-state index >= 15 is 0 Å². The summed E-state index contributed by atoms with van der Waals surface area (Å²) in [4.78, 5) is 13.7. The Morgan fingerprint density at radius 2 is 2.11 bits per heavy atom. The number of carbonyl (C=O) groups excluding carboxylic acids is 1. The Kier molecular flexibility index (Phi) is 4.99. The SMILES string of the molecule is CC(C)(C)OC(=O)N1CCCCC(CN)(CO)C1. The van der Waals surface area contributed by atoms with Crippen LogP contribution in [0.1, 0.15) is 40.0 Å². The fourth-order valence-corrected chi connectivity index (χ4v) is 2.21. The Balaban J connectivity index is 2.72. The molecule has 1 heterocycles. The molecule has 0 aromatic rings. The van der Waals surface area contributed by atoms with Gasteiger partial charge < -0.3 is 20.5 Å². The number of nitrogens with two attached hydrogens (primary N) is 1. The van der Waals surface area contributed by atoms with Gasteiger partial charge in [0.1, 0.15) is 5.60 Å². The number of ether oxygens (including phenoxy) is 1. The van der Waals surface area contributed by atoms with Gasteiger partial charge in [-0.3, -0.25) is 0 Å². The van der Waals surface area contributed by atoms with Gasteiger partial charge in [-0.2, -0.15) is 0 Å². The average molecular weight is 258 g/mol. The van der Waals surface area contributed by atoms with Crippen LogP contribution in [0.25, 0.3) is 0 Å². The molecule has 1 rings (SSSR count). The van der Waals surface area contributed by atoms with E-state index in [9.17, 15) is 9.90 Å². The molecule has 0 aromatic heterocycles. The summed E-state index contributed by atoms with van der Waals surface area (Å²) in [5.74, 6) is 0. The van der Waals surface area contributed by atoms with Gasteiger partial charge in [0.15, 0.2) is 0 Å². The molecule has 1 amide bonds. The maximum absolute atomic E-state index is 12.1. The summed E-state index contributed by atoms with van der Waals surface area (Å²) in [7, 11) is 0. The number of hydrogen-bond donors (Lipinski definition) is 2. The highest BCUT2D eigenvalue weighted by molar-refractivity contribution is 5.68. The van der Waals surface area contributed by atoms with Crippen molar-refractivity contribution in [3.8, 4) is 0 Å². The van der Waals surface area contributed by atoms with Crippen LogP contribution in [0.15, 0.2) is 0 Å². The fraction of sp³-hybridized carbons (Fsp3) is 0.923. The van der Waals surface area contributed by atoms with Gasteiger partial charge in [0.05, 0.1) is 6.61 Å². The standard InChI is InChI=1S/C13H26N2O3/c1-12(2,3)18-11(17)15-7-5-4-6-13(8-14,9-15)10-16/h16H,4-10,14H2,1-3H3. The van der Waals surface area contributed by atoms with E-state index in [1.54, 1.807) is 4.90 Å². The van der Waals surface area contributed by atoms with Crippen molar-refractivity contribution in [3.05, 3.63) is 0 Å². The summed E-state index contributed by atoms with van der Waals surface area (Å²) >= 11 is 0. The Morgan fingerprint density at radius 3 is 2.61 bits per heavy atom. The van der Waals surface area contributed by atoms with Gasteiger partial charge >= 0.3 is 6.09 Å². The zero-order chi connectivity index (χ0) is 13.8. The third-order valence-electron chi connectivity index (χ3n) is 3.33. The molecule has 1 atom stereocenters. The second-order valence-corrected chi connectivity index (χ2v) is 6.22. The topological polar surface area (TPSA) is 75.8 Å². The molecule has 1 unspecified atom stereocenters. The number of aliphatic hydroxyl groups excluding tert-OH is 1. The number of nitrogens with zero attached hydrogens (tertiary/aromatic N) is 1. The zero-order valence-corrected chi connectivity index (χ0v) is 11.7. The minimum Gasteiger partial charge on any atom is -0.444 e. The Morgan fingerprint density at radius 1 is 1.44 bits per heavy atom. The van der Waals surface area contributed by atoms with Gasteiger partial charge in [0.25, 0.3) is 0 Å². The van der Waals surface area contributed by atoms with Crippen molar-refractivity contribution >= 4 is 6.09 Å². The molecule has 5 heteroatoms. The molecular weight excluding hydrogens is 232 g/mol. The first-order valence-electron chi connectivity index (χ1n) is 6.61. The molecule has 106 valence electrons. The van der Waals surface area contributed by atoms with Crippen LogP contribution in [-0.2, 0) is 4.74 Å². The first-order chi connectivity index (χ1) is 8.32. The highest BCUT2D eigenvalue weighted by Crippen LogP contribution is 2.28. The number of rotatable bonds is 2. The minimum absolute atomic E-state index is 0.0167. The number of aliphatic hydroxyl groups is 1. The minimum atomic E-state index is -0.492. The van der Waals surface area contributed by atoms with E-state index in [0.717, 1.165) is 19.3 Å². The van der Waals surface area contributed by atoms with Crippen LogP contribution in [0, 0.1) is 5.41 Å². The van der Waals surface area contributed by atoms with E-state index < -0.39 is 5.60 Å². The van der Waals surface area contributed by atoms with Crippen LogP contribution in [-0.4, -0.2) is 47.9 Å². The first kappa shape index (κ1) is 15.2. The van der Waals surface area contributed by atoms with E-state index in [1.165, 1.54) is 0 Å². The van der Waals surface area contributed by atoms with Crippen LogP contribution >= 0.6 is 0 Å². The van der Waals surface area contributed by atoms with E-state index in [-0.39, 0.29) is 18.1 Å². The Labute approximate surface area is 109 Å². The number of carbonyl (C=O) groups is 1. The summed E-state index contributed by atoms with van der Waals surface area (Å²) < 4.78 is 5.38. The number of amides is 1. The molecular formula is C13H26N2O3. The highest BCUT2D eigenvalue weighted by Gasteiger charge is 2.35. The molecule has 1 fully saturated rings. The summed E-state index contributed by atoms with van der Waals surface area (Å²) in [5.41, 5.74) is 4.91. The predicted octanol–water partition coefficient (Wildman–Crippen LogP) is 1.34. The lowest BCUT2D eigenvalue weighted by molar-refractivity contribution is 0.0126. The summed E-state index contributed by atoms with van der Waals surface area (Å²) in [6.45, 7) is 7.12. The molecule has 0 bridgehead atoms. The van der Waals surface area contributed by atoms with E-state index in [2.05, 4.69) is 0 Å². The Bertz CT molecular complexity index is 282. The van der Waals surface area contributed by atoms with Crippen molar-refractivity contribution in [1.29, 1.82) is 0 Å². The lowest BCUT2D eigenvalue weighted by Crippen LogP contribution is -2.47. The van der Waals surface area contributed by atoms with E-state index in [4.69, 9.17) is 10.5 Å². The molecule has 1 saturated heterocycles. The van der Waals surface area contributed by atoms with Crippen molar-refractivity contribution in [2.24, 2.45) is 11.1 Å². The lowest BCUT2D eigenvalue weighted by atomic mass is 9.84. The van der Waals surface area contributed by atoms with Gasteiger partial charge in [0, 0.05) is 25.0 Å². The maximum Gasteiger partial charge on any atom is 0.410 e. The van der Waals surface area contributed by atoms with Crippen LogP contribution in [0.3, 0.4) is 0 Å². The molecule has 0 aromatic carbocycles. The smallest absolute Gasteiger partial charge is 0.410 e. The molecule has 5 nitrogen and oxygen atoms in total. The highest BCUT2D eigenvalue weighted by atomic mass is 16.6. The summed E-state index contributed by atoms with van der Waals surface area (Å²) in [6.07, 6.45) is 2.47. The van der Waals surface area contributed by atoms with Gasteiger partial charge in [0.2, 0.25) is 0 Å². The largest absolute Gasteiger partial charge is 0.444 e. The van der Waals surface area contributed by atoms with Crippen molar-refractivity contribution in [2.75, 3.05) is 26.2 Å². The molecule has 0 aliphatic carbocycles.